The molecule has 0 radical (unpaired) electrons. The molecule has 74 heavy (non-hydrogen) atoms. The molecule has 6 heteroatoms. The van der Waals surface area contributed by atoms with Crippen LogP contribution < -0.4 is 0 Å². The summed E-state index contributed by atoms with van der Waals surface area (Å²) in [7, 11) is 0. The maximum Gasteiger partial charge on any atom is 0.306 e. The summed E-state index contributed by atoms with van der Waals surface area (Å²) < 4.78 is 16.8. The van der Waals surface area contributed by atoms with Gasteiger partial charge in [-0.2, -0.15) is 0 Å². The summed E-state index contributed by atoms with van der Waals surface area (Å²) in [5.74, 6) is -1.03. The molecule has 0 aliphatic heterocycles. The summed E-state index contributed by atoms with van der Waals surface area (Å²) in [6, 6.07) is 0. The van der Waals surface area contributed by atoms with Gasteiger partial charge in [0.1, 0.15) is 13.2 Å². The first-order valence-electron chi connectivity index (χ1n) is 29.8. The van der Waals surface area contributed by atoms with Crippen molar-refractivity contribution < 1.29 is 28.6 Å². The molecule has 0 spiro atoms. The van der Waals surface area contributed by atoms with Crippen LogP contribution in [-0.2, 0) is 28.6 Å². The number of ether oxygens (including phenoxy) is 3. The topological polar surface area (TPSA) is 78.9 Å². The fourth-order valence-corrected chi connectivity index (χ4v) is 7.67. The number of esters is 3. The van der Waals surface area contributed by atoms with Gasteiger partial charge in [-0.25, -0.2) is 0 Å². The van der Waals surface area contributed by atoms with Gasteiger partial charge in [0.05, 0.1) is 0 Å². The molecule has 0 bridgehead atoms. The van der Waals surface area contributed by atoms with Crippen LogP contribution in [0, 0.1) is 0 Å². The average molecular weight is 1020 g/mol. The first-order valence-corrected chi connectivity index (χ1v) is 29.8. The summed E-state index contributed by atoms with van der Waals surface area (Å²) in [5, 5.41) is 0. The van der Waals surface area contributed by atoms with Crippen molar-refractivity contribution >= 4 is 17.9 Å². The molecular formula is C68H108O6. The minimum Gasteiger partial charge on any atom is -0.462 e. The Morgan fingerprint density at radius 1 is 0.284 bits per heavy atom. The molecule has 0 aromatic rings. The maximum atomic E-state index is 12.9. The molecule has 0 aliphatic rings. The lowest BCUT2D eigenvalue weighted by molar-refractivity contribution is -0.166. The van der Waals surface area contributed by atoms with Crippen molar-refractivity contribution in [2.45, 2.75) is 252 Å². The van der Waals surface area contributed by atoms with Crippen molar-refractivity contribution in [3.05, 3.63) is 146 Å². The van der Waals surface area contributed by atoms with Crippen LogP contribution in [0.1, 0.15) is 245 Å². The Bertz CT molecular complexity index is 1640. The summed E-state index contributed by atoms with van der Waals surface area (Å²) in [4.78, 5) is 38.1. The standard InChI is InChI=1S/C68H108O6/c1-4-7-10-13-16-19-22-25-27-29-30-31-32-33-34-35-36-37-38-39-41-43-46-49-52-55-58-61-67(70)73-64-65(63-72-66(69)60-57-54-51-48-45-42-24-21-18-15-12-9-6-3)74-68(71)62-59-56-53-50-47-44-40-28-26-23-20-17-14-11-8-5-2/h7,9-10,12,16,18-21,23,25,27-28,30-31,33-34,36-37,40,42,45,51,54,65H,4-6,8,11,13-15,17,22,24,26,29,32,35,38-39,41,43-44,46-50,52-53,55-64H2,1-3H3/b10-7-,12-9-,19-16-,21-18-,23-20-,27-25-,31-30-,34-33-,37-36-,40-28-,45-42-,54-51-. The monoisotopic (exact) mass is 1020 g/mol. The maximum absolute atomic E-state index is 12.9. The van der Waals surface area contributed by atoms with Crippen LogP contribution in [0.3, 0.4) is 0 Å². The molecule has 0 saturated heterocycles. The quantitative estimate of drug-likeness (QED) is 0.0261. The number of unbranched alkanes of at least 4 members (excludes halogenated alkanes) is 17. The van der Waals surface area contributed by atoms with Gasteiger partial charge in [-0.3, -0.25) is 14.4 Å². The molecule has 0 saturated carbocycles. The van der Waals surface area contributed by atoms with Crippen LogP contribution in [0.4, 0.5) is 0 Å². The smallest absolute Gasteiger partial charge is 0.306 e. The van der Waals surface area contributed by atoms with E-state index in [1.54, 1.807) is 0 Å². The van der Waals surface area contributed by atoms with Crippen LogP contribution in [0.15, 0.2) is 146 Å². The zero-order valence-electron chi connectivity index (χ0n) is 47.5. The van der Waals surface area contributed by atoms with Crippen molar-refractivity contribution in [1.82, 2.24) is 0 Å². The van der Waals surface area contributed by atoms with Crippen molar-refractivity contribution in [2.75, 3.05) is 13.2 Å². The van der Waals surface area contributed by atoms with Crippen molar-refractivity contribution in [3.8, 4) is 0 Å². The van der Waals surface area contributed by atoms with Crippen molar-refractivity contribution in [3.63, 3.8) is 0 Å². The molecule has 0 amide bonds. The second kappa shape index (κ2) is 60.8. The van der Waals surface area contributed by atoms with E-state index >= 15 is 0 Å². The van der Waals surface area contributed by atoms with Crippen LogP contribution in [0.25, 0.3) is 0 Å². The van der Waals surface area contributed by atoms with E-state index < -0.39 is 6.10 Å². The molecular weight excluding hydrogens is 913 g/mol. The summed E-state index contributed by atoms with van der Waals surface area (Å²) in [6.45, 7) is 6.30. The van der Waals surface area contributed by atoms with E-state index in [4.69, 9.17) is 14.2 Å². The fraction of sp³-hybridized carbons (Fsp3) is 0.603. The highest BCUT2D eigenvalue weighted by Gasteiger charge is 2.19. The normalized spacial score (nSPS) is 13.2. The Morgan fingerprint density at radius 3 is 0.905 bits per heavy atom. The second-order valence-corrected chi connectivity index (χ2v) is 19.1. The number of allylic oxidation sites excluding steroid dienone is 24. The Balaban J connectivity index is 4.41. The average Bonchev–Trinajstić information content (AvgIpc) is 3.40. The van der Waals surface area contributed by atoms with Crippen LogP contribution in [-0.4, -0.2) is 37.2 Å². The Hall–Kier alpha value is -4.71. The summed E-state index contributed by atoms with van der Waals surface area (Å²) in [6.07, 6.45) is 87.1. The van der Waals surface area contributed by atoms with Gasteiger partial charge < -0.3 is 14.2 Å². The van der Waals surface area contributed by atoms with Gasteiger partial charge in [-0.15, -0.1) is 0 Å². The Morgan fingerprint density at radius 2 is 0.554 bits per heavy atom. The summed E-state index contributed by atoms with van der Waals surface area (Å²) >= 11 is 0. The van der Waals surface area contributed by atoms with E-state index in [0.29, 0.717) is 19.3 Å². The fourth-order valence-electron chi connectivity index (χ4n) is 7.67. The predicted octanol–water partition coefficient (Wildman–Crippen LogP) is 20.4. The summed E-state index contributed by atoms with van der Waals surface area (Å²) in [5.41, 5.74) is 0. The minimum absolute atomic E-state index is 0.116. The first kappa shape index (κ1) is 69.3. The van der Waals surface area contributed by atoms with E-state index in [1.807, 2.05) is 12.2 Å². The third-order valence-electron chi connectivity index (χ3n) is 12.1. The number of hydrogen-bond acceptors (Lipinski definition) is 6. The second-order valence-electron chi connectivity index (χ2n) is 19.1. The highest BCUT2D eigenvalue weighted by atomic mass is 16.6. The largest absolute Gasteiger partial charge is 0.462 e. The van der Waals surface area contributed by atoms with E-state index in [9.17, 15) is 14.4 Å². The van der Waals surface area contributed by atoms with Crippen molar-refractivity contribution in [1.29, 1.82) is 0 Å². The molecule has 416 valence electrons. The lowest BCUT2D eigenvalue weighted by atomic mass is 10.1. The van der Waals surface area contributed by atoms with Gasteiger partial charge in [0.15, 0.2) is 6.10 Å². The van der Waals surface area contributed by atoms with E-state index in [2.05, 4.69) is 154 Å². The molecule has 0 rings (SSSR count). The van der Waals surface area contributed by atoms with E-state index in [-0.39, 0.29) is 37.5 Å². The Labute approximate surface area is 455 Å². The van der Waals surface area contributed by atoms with Crippen molar-refractivity contribution in [2.24, 2.45) is 0 Å². The highest BCUT2D eigenvalue weighted by Crippen LogP contribution is 2.14. The Kier molecular flexibility index (Phi) is 57.0. The van der Waals surface area contributed by atoms with Gasteiger partial charge in [-0.05, 0) is 128 Å². The molecule has 0 heterocycles. The highest BCUT2D eigenvalue weighted by molar-refractivity contribution is 5.71. The molecule has 6 nitrogen and oxygen atoms in total. The molecule has 0 aromatic heterocycles. The molecule has 0 N–H and O–H groups in total. The van der Waals surface area contributed by atoms with Gasteiger partial charge in [0.25, 0.3) is 0 Å². The lowest BCUT2D eigenvalue weighted by Gasteiger charge is -2.18. The molecule has 0 aliphatic carbocycles. The number of carbonyl (C=O) groups is 3. The molecule has 0 fully saturated rings. The number of rotatable bonds is 52. The van der Waals surface area contributed by atoms with E-state index in [0.717, 1.165) is 135 Å². The van der Waals surface area contributed by atoms with Gasteiger partial charge in [-0.1, -0.05) is 244 Å². The third kappa shape index (κ3) is 58.2. The minimum atomic E-state index is -0.824. The predicted molar refractivity (Wildman–Crippen MR) is 320 cm³/mol. The molecule has 1 unspecified atom stereocenters. The lowest BCUT2D eigenvalue weighted by Crippen LogP contribution is -2.30. The van der Waals surface area contributed by atoms with Gasteiger partial charge in [0.2, 0.25) is 0 Å². The zero-order chi connectivity index (χ0) is 53.6. The van der Waals surface area contributed by atoms with Crippen LogP contribution in [0.2, 0.25) is 0 Å². The van der Waals surface area contributed by atoms with Gasteiger partial charge >= 0.3 is 17.9 Å². The number of carbonyl (C=O) groups excluding carboxylic acids is 3. The molecule has 0 aromatic carbocycles. The van der Waals surface area contributed by atoms with E-state index in [1.165, 1.54) is 64.2 Å². The van der Waals surface area contributed by atoms with Crippen LogP contribution >= 0.6 is 0 Å². The SMILES string of the molecule is CC/C=C\C/C=C\C/C=C\C/C=C\C/C=C\C/C=C\CCCCCCCCCCC(=O)OCC(COC(=O)CC/C=C\C/C=C\C/C=C\C/C=C\CC)OC(=O)CCCCCCC/C=C\C/C=C\CCCCCC. The first-order chi connectivity index (χ1) is 36.5. The van der Waals surface area contributed by atoms with Gasteiger partial charge in [0, 0.05) is 19.3 Å². The zero-order valence-corrected chi connectivity index (χ0v) is 47.5. The molecule has 1 atom stereocenters. The third-order valence-corrected chi connectivity index (χ3v) is 12.1. The van der Waals surface area contributed by atoms with Crippen LogP contribution in [0.5, 0.6) is 0 Å². The number of hydrogen-bond donors (Lipinski definition) is 0.